The van der Waals surface area contributed by atoms with E-state index in [2.05, 4.69) is 19.3 Å². The van der Waals surface area contributed by atoms with Crippen LogP contribution in [0.1, 0.15) is 6.42 Å². The molecule has 6 heteroatoms. The summed E-state index contributed by atoms with van der Waals surface area (Å²) < 4.78 is 9.31. The van der Waals surface area contributed by atoms with Crippen molar-refractivity contribution in [2.75, 3.05) is 40.4 Å². The minimum atomic E-state index is -0.149. The smallest absolute Gasteiger partial charge is 0.324 e. The van der Waals surface area contributed by atoms with E-state index in [0.717, 1.165) is 32.6 Å². The van der Waals surface area contributed by atoms with Gasteiger partial charge in [-0.1, -0.05) is 0 Å². The number of ether oxygens (including phenoxy) is 2. The summed E-state index contributed by atoms with van der Waals surface area (Å²) in [5, 5.41) is 0. The topological polar surface area (TPSA) is 58.6 Å². The van der Waals surface area contributed by atoms with Crippen molar-refractivity contribution in [2.24, 2.45) is 0 Å². The molecule has 0 aliphatic carbocycles. The number of hydrogen-bond acceptors (Lipinski definition) is 6. The third-order valence-electron chi connectivity index (χ3n) is 3.27. The molecular weight excluding hydrogens is 224 g/mol. The molecule has 6 nitrogen and oxygen atoms in total. The summed E-state index contributed by atoms with van der Waals surface area (Å²) >= 11 is 0. The van der Waals surface area contributed by atoms with Gasteiger partial charge in [0.25, 0.3) is 0 Å². The highest BCUT2D eigenvalue weighted by Crippen LogP contribution is 2.21. The average molecular weight is 242 g/mol. The van der Waals surface area contributed by atoms with Crippen LogP contribution >= 0.6 is 0 Å². The van der Waals surface area contributed by atoms with Crippen molar-refractivity contribution in [3.05, 3.63) is 0 Å². The fraction of sp³-hybridized carbons (Fsp3) is 0.818. The summed E-state index contributed by atoms with van der Waals surface area (Å²) in [6.45, 7) is 3.36. The van der Waals surface area contributed by atoms with Crippen molar-refractivity contribution in [3.8, 4) is 0 Å². The summed E-state index contributed by atoms with van der Waals surface area (Å²) in [6, 6.07) is -0.0729. The summed E-state index contributed by atoms with van der Waals surface area (Å²) in [5.41, 5.74) is 0. The van der Waals surface area contributed by atoms with Crippen LogP contribution in [0.15, 0.2) is 0 Å². The lowest BCUT2D eigenvalue weighted by Gasteiger charge is -2.04. The number of hydrogen-bond donors (Lipinski definition) is 0. The molecule has 0 bridgehead atoms. The predicted octanol–water partition coefficient (Wildman–Crippen LogP) is -0.909. The van der Waals surface area contributed by atoms with Crippen LogP contribution in [0.25, 0.3) is 0 Å². The van der Waals surface area contributed by atoms with Crippen molar-refractivity contribution in [1.82, 2.24) is 9.80 Å². The summed E-state index contributed by atoms with van der Waals surface area (Å²) in [5.74, 6) is -0.298. The Morgan fingerprint density at radius 3 is 1.76 bits per heavy atom. The zero-order chi connectivity index (χ0) is 12.4. The van der Waals surface area contributed by atoms with Gasteiger partial charge in [0.2, 0.25) is 0 Å². The number of carbonyl (C=O) groups is 2. The molecule has 0 aromatic rings. The second-order valence-electron chi connectivity index (χ2n) is 4.42. The number of carbonyl (C=O) groups excluding carboxylic acids is 2. The monoisotopic (exact) mass is 242 g/mol. The minimum absolute atomic E-state index is 0.0365. The Kier molecular flexibility index (Phi) is 3.63. The molecule has 4 atom stereocenters. The van der Waals surface area contributed by atoms with Crippen LogP contribution in [0.4, 0.5) is 0 Å². The molecule has 2 heterocycles. The van der Waals surface area contributed by atoms with Gasteiger partial charge in [0, 0.05) is 26.2 Å². The molecule has 0 saturated carbocycles. The van der Waals surface area contributed by atoms with E-state index in [1.807, 2.05) is 0 Å². The first-order chi connectivity index (χ1) is 8.17. The number of nitrogens with zero attached hydrogens (tertiary/aromatic N) is 2. The molecule has 0 N–H and O–H groups in total. The van der Waals surface area contributed by atoms with Crippen molar-refractivity contribution in [1.29, 1.82) is 0 Å². The molecule has 2 aliphatic heterocycles. The molecular formula is C11H18N2O4. The van der Waals surface area contributed by atoms with Crippen LogP contribution in [0.5, 0.6) is 0 Å². The number of methoxy groups -OCH3 is 2. The lowest BCUT2D eigenvalue weighted by Crippen LogP contribution is -2.19. The van der Waals surface area contributed by atoms with Crippen LogP contribution in [0.2, 0.25) is 0 Å². The molecule has 2 aliphatic rings. The van der Waals surface area contributed by atoms with E-state index in [1.54, 1.807) is 0 Å². The molecule has 2 saturated heterocycles. The molecule has 96 valence electrons. The van der Waals surface area contributed by atoms with Gasteiger partial charge in [-0.15, -0.1) is 0 Å². The highest BCUT2D eigenvalue weighted by Gasteiger charge is 2.43. The summed E-state index contributed by atoms with van der Waals surface area (Å²) in [7, 11) is 2.82. The van der Waals surface area contributed by atoms with Crippen molar-refractivity contribution in [2.45, 2.75) is 18.5 Å². The zero-order valence-corrected chi connectivity index (χ0v) is 10.2. The van der Waals surface area contributed by atoms with Gasteiger partial charge in [-0.2, -0.15) is 0 Å². The second kappa shape index (κ2) is 5.01. The van der Waals surface area contributed by atoms with E-state index in [9.17, 15) is 9.59 Å². The number of rotatable bonds is 6. The fourth-order valence-electron chi connectivity index (χ4n) is 2.04. The Morgan fingerprint density at radius 1 is 1.00 bits per heavy atom. The fourth-order valence-corrected chi connectivity index (χ4v) is 2.04. The third-order valence-corrected chi connectivity index (χ3v) is 3.27. The molecule has 2 rings (SSSR count). The molecule has 0 radical (unpaired) electrons. The highest BCUT2D eigenvalue weighted by atomic mass is 16.5. The zero-order valence-electron chi connectivity index (χ0n) is 10.2. The molecule has 2 fully saturated rings. The molecule has 17 heavy (non-hydrogen) atoms. The van der Waals surface area contributed by atoms with E-state index >= 15 is 0 Å². The quantitative estimate of drug-likeness (QED) is 0.444. The van der Waals surface area contributed by atoms with Crippen molar-refractivity contribution < 1.29 is 19.1 Å². The van der Waals surface area contributed by atoms with E-state index in [-0.39, 0.29) is 24.0 Å². The van der Waals surface area contributed by atoms with Gasteiger partial charge in [-0.3, -0.25) is 19.4 Å². The Balaban J connectivity index is 1.54. The standard InChI is InChI=1S/C11H18N2O4/c1-16-10(14)8-6-12(8)4-3-5-13-7-9(13)11(15)17-2/h8-9H,3-7H2,1-2H3/t8-,9-,12?,13?/m0/s1. The summed E-state index contributed by atoms with van der Waals surface area (Å²) in [6.07, 6.45) is 0.959. The molecule has 0 amide bonds. The van der Waals surface area contributed by atoms with Gasteiger partial charge in [-0.05, 0) is 6.42 Å². The maximum Gasteiger partial charge on any atom is 0.324 e. The lowest BCUT2D eigenvalue weighted by molar-refractivity contribution is -0.141. The maximum absolute atomic E-state index is 11.1. The third kappa shape index (κ3) is 2.95. The first kappa shape index (κ1) is 12.3. The van der Waals surface area contributed by atoms with Gasteiger partial charge in [-0.25, -0.2) is 0 Å². The Hall–Kier alpha value is -1.14. The predicted molar refractivity (Wildman–Crippen MR) is 59.4 cm³/mol. The van der Waals surface area contributed by atoms with Gasteiger partial charge in [0.15, 0.2) is 0 Å². The Labute approximate surface area is 100 Å². The van der Waals surface area contributed by atoms with E-state index in [0.29, 0.717) is 0 Å². The SMILES string of the molecule is COC(=O)[C@@H]1CN1CCCN1C[C@H]1C(=O)OC. The van der Waals surface area contributed by atoms with Crippen molar-refractivity contribution in [3.63, 3.8) is 0 Å². The van der Waals surface area contributed by atoms with Gasteiger partial charge >= 0.3 is 11.9 Å². The number of esters is 2. The van der Waals surface area contributed by atoms with Crippen LogP contribution in [0.3, 0.4) is 0 Å². The first-order valence-corrected chi connectivity index (χ1v) is 5.81. The van der Waals surface area contributed by atoms with Crippen molar-refractivity contribution >= 4 is 11.9 Å². The van der Waals surface area contributed by atoms with E-state index in [4.69, 9.17) is 0 Å². The van der Waals surface area contributed by atoms with Crippen LogP contribution < -0.4 is 0 Å². The van der Waals surface area contributed by atoms with E-state index < -0.39 is 0 Å². The highest BCUT2D eigenvalue weighted by molar-refractivity contribution is 5.79. The average Bonchev–Trinajstić information content (AvgIpc) is 3.22. The lowest BCUT2D eigenvalue weighted by atomic mass is 10.4. The van der Waals surface area contributed by atoms with Gasteiger partial charge in [0.05, 0.1) is 14.2 Å². The van der Waals surface area contributed by atoms with Crippen LogP contribution in [-0.2, 0) is 19.1 Å². The largest absolute Gasteiger partial charge is 0.468 e. The molecule has 0 aromatic carbocycles. The molecule has 0 spiro atoms. The molecule has 2 unspecified atom stereocenters. The summed E-state index contributed by atoms with van der Waals surface area (Å²) in [4.78, 5) is 26.4. The van der Waals surface area contributed by atoms with Crippen LogP contribution in [-0.4, -0.2) is 74.2 Å². The maximum atomic E-state index is 11.1. The van der Waals surface area contributed by atoms with E-state index in [1.165, 1.54) is 14.2 Å². The van der Waals surface area contributed by atoms with Gasteiger partial charge < -0.3 is 9.47 Å². The van der Waals surface area contributed by atoms with Crippen LogP contribution in [0, 0.1) is 0 Å². The first-order valence-electron chi connectivity index (χ1n) is 5.81. The second-order valence-corrected chi connectivity index (χ2v) is 4.42. The Morgan fingerprint density at radius 2 is 1.41 bits per heavy atom. The minimum Gasteiger partial charge on any atom is -0.468 e. The van der Waals surface area contributed by atoms with Gasteiger partial charge in [0.1, 0.15) is 12.1 Å². The normalized spacial score (nSPS) is 34.0. The molecule has 0 aromatic heterocycles. The Bertz CT molecular complexity index is 291.